The molecule has 1 aromatic rings. The van der Waals surface area contributed by atoms with Gasteiger partial charge in [-0.25, -0.2) is 0 Å². The van der Waals surface area contributed by atoms with Crippen molar-refractivity contribution in [2.75, 3.05) is 20.2 Å². The molecule has 0 spiro atoms. The topological polar surface area (TPSA) is 64.4 Å². The number of rotatable bonds is 6. The van der Waals surface area contributed by atoms with Gasteiger partial charge in [0.15, 0.2) is 0 Å². The maximum Gasteiger partial charge on any atom is 0.307 e. The second-order valence-corrected chi connectivity index (χ2v) is 4.10. The highest BCUT2D eigenvalue weighted by atomic mass is 16.5. The lowest BCUT2D eigenvalue weighted by molar-refractivity contribution is -0.143. The van der Waals surface area contributed by atoms with Crippen LogP contribution in [0.3, 0.4) is 0 Å². The monoisotopic (exact) mass is 265 g/mol. The Balaban J connectivity index is 2.40. The maximum atomic E-state index is 11.8. The smallest absolute Gasteiger partial charge is 0.307 e. The van der Waals surface area contributed by atoms with Crippen molar-refractivity contribution in [3.63, 3.8) is 0 Å². The van der Waals surface area contributed by atoms with E-state index in [1.165, 1.54) is 11.0 Å². The van der Waals surface area contributed by atoms with Gasteiger partial charge >= 0.3 is 5.97 Å². The number of hydrogen-bond donors (Lipinski definition) is 0. The molecule has 0 fully saturated rings. The third-order valence-corrected chi connectivity index (χ3v) is 2.48. The predicted octanol–water partition coefficient (Wildman–Crippen LogP) is 0.845. The Morgan fingerprint density at radius 3 is 2.84 bits per heavy atom. The van der Waals surface area contributed by atoms with E-state index in [1.54, 1.807) is 30.9 Å². The van der Waals surface area contributed by atoms with Crippen molar-refractivity contribution in [2.45, 2.75) is 13.3 Å². The van der Waals surface area contributed by atoms with Crippen molar-refractivity contribution in [1.29, 1.82) is 0 Å². The minimum atomic E-state index is -0.293. The van der Waals surface area contributed by atoms with Gasteiger partial charge in [-0.15, -0.1) is 0 Å². The number of hydrogen-bond acceptors (Lipinski definition) is 4. The molecule has 0 atom stereocenters. The number of amides is 1. The summed E-state index contributed by atoms with van der Waals surface area (Å²) in [5, 5.41) is 4.00. The first kappa shape index (κ1) is 14.9. The molecule has 6 heteroatoms. The average molecular weight is 265 g/mol. The van der Waals surface area contributed by atoms with Crippen LogP contribution in [0.25, 0.3) is 6.08 Å². The molecule has 0 radical (unpaired) electrons. The van der Waals surface area contributed by atoms with Crippen LogP contribution in [0.1, 0.15) is 18.9 Å². The van der Waals surface area contributed by atoms with Gasteiger partial charge in [-0.05, 0) is 13.0 Å². The van der Waals surface area contributed by atoms with Crippen LogP contribution in [-0.4, -0.2) is 46.8 Å². The molecule has 104 valence electrons. The Kier molecular flexibility index (Phi) is 5.78. The first-order chi connectivity index (χ1) is 9.02. The van der Waals surface area contributed by atoms with Crippen molar-refractivity contribution in [2.24, 2.45) is 7.05 Å². The zero-order valence-corrected chi connectivity index (χ0v) is 11.5. The SMILES string of the molecule is CCOC(=O)CCN(C)C(=O)C=Cc1cnn(C)c1. The molecule has 19 heavy (non-hydrogen) atoms. The van der Waals surface area contributed by atoms with Crippen LogP contribution >= 0.6 is 0 Å². The van der Waals surface area contributed by atoms with E-state index in [4.69, 9.17) is 4.74 Å². The molecule has 0 aliphatic carbocycles. The third-order valence-electron chi connectivity index (χ3n) is 2.48. The minimum Gasteiger partial charge on any atom is -0.466 e. The molecule has 1 heterocycles. The number of nitrogens with zero attached hydrogens (tertiary/aromatic N) is 3. The Morgan fingerprint density at radius 1 is 1.53 bits per heavy atom. The molecule has 0 saturated heterocycles. The van der Waals surface area contributed by atoms with E-state index in [1.807, 2.05) is 13.2 Å². The van der Waals surface area contributed by atoms with Crippen LogP contribution in [0.4, 0.5) is 0 Å². The van der Waals surface area contributed by atoms with E-state index in [9.17, 15) is 9.59 Å². The van der Waals surface area contributed by atoms with Crippen molar-refractivity contribution in [3.8, 4) is 0 Å². The van der Waals surface area contributed by atoms with Gasteiger partial charge in [0.05, 0.1) is 19.2 Å². The average Bonchev–Trinajstić information content (AvgIpc) is 2.79. The van der Waals surface area contributed by atoms with Crippen LogP contribution < -0.4 is 0 Å². The number of carbonyl (C=O) groups is 2. The predicted molar refractivity (Wildman–Crippen MR) is 71.1 cm³/mol. The van der Waals surface area contributed by atoms with Gasteiger partial charge in [0.2, 0.25) is 5.91 Å². The first-order valence-corrected chi connectivity index (χ1v) is 6.10. The van der Waals surface area contributed by atoms with Crippen LogP contribution in [-0.2, 0) is 21.4 Å². The fourth-order valence-corrected chi connectivity index (χ4v) is 1.42. The normalized spacial score (nSPS) is 10.7. The fraction of sp³-hybridized carbons (Fsp3) is 0.462. The Hall–Kier alpha value is -2.11. The molecule has 1 amide bonds. The van der Waals surface area contributed by atoms with E-state index in [0.717, 1.165) is 5.56 Å². The highest BCUT2D eigenvalue weighted by Gasteiger charge is 2.08. The molecule has 1 rings (SSSR count). The number of ether oxygens (including phenoxy) is 1. The summed E-state index contributed by atoms with van der Waals surface area (Å²) in [7, 11) is 3.46. The highest BCUT2D eigenvalue weighted by molar-refractivity contribution is 5.91. The minimum absolute atomic E-state index is 0.159. The molecule has 0 aliphatic heterocycles. The van der Waals surface area contributed by atoms with Crippen LogP contribution in [0.15, 0.2) is 18.5 Å². The number of carbonyl (C=O) groups excluding carboxylic acids is 2. The summed E-state index contributed by atoms with van der Waals surface area (Å²) in [6.07, 6.45) is 6.83. The number of aromatic nitrogens is 2. The van der Waals surface area contributed by atoms with Gasteiger partial charge in [0, 0.05) is 38.5 Å². The largest absolute Gasteiger partial charge is 0.466 e. The van der Waals surface area contributed by atoms with Crippen LogP contribution in [0, 0.1) is 0 Å². The summed E-state index contributed by atoms with van der Waals surface area (Å²) in [6.45, 7) is 2.45. The lowest BCUT2D eigenvalue weighted by atomic mass is 10.3. The first-order valence-electron chi connectivity index (χ1n) is 6.10. The van der Waals surface area contributed by atoms with Gasteiger partial charge in [-0.1, -0.05) is 0 Å². The summed E-state index contributed by atoms with van der Waals surface area (Å²) in [6, 6.07) is 0. The van der Waals surface area contributed by atoms with Crippen LogP contribution in [0.5, 0.6) is 0 Å². The molecule has 1 aromatic heterocycles. The summed E-state index contributed by atoms with van der Waals surface area (Å²) in [5.74, 6) is -0.452. The van der Waals surface area contributed by atoms with E-state index < -0.39 is 0 Å². The zero-order chi connectivity index (χ0) is 14.3. The summed E-state index contributed by atoms with van der Waals surface area (Å²) in [4.78, 5) is 24.4. The van der Waals surface area contributed by atoms with Crippen molar-refractivity contribution < 1.29 is 14.3 Å². The molecule has 0 unspecified atom stereocenters. The highest BCUT2D eigenvalue weighted by Crippen LogP contribution is 2.00. The second-order valence-electron chi connectivity index (χ2n) is 4.10. The number of esters is 1. The Morgan fingerprint density at radius 2 is 2.26 bits per heavy atom. The molecule has 0 aliphatic rings. The van der Waals surface area contributed by atoms with E-state index in [2.05, 4.69) is 5.10 Å². The molecule has 6 nitrogen and oxygen atoms in total. The molecule has 0 saturated carbocycles. The lowest BCUT2D eigenvalue weighted by Gasteiger charge is -2.14. The summed E-state index contributed by atoms with van der Waals surface area (Å²) >= 11 is 0. The fourth-order valence-electron chi connectivity index (χ4n) is 1.42. The number of aryl methyl sites for hydroxylation is 1. The van der Waals surface area contributed by atoms with Crippen molar-refractivity contribution >= 4 is 18.0 Å². The Labute approximate surface area is 112 Å². The molecule has 0 N–H and O–H groups in total. The summed E-state index contributed by atoms with van der Waals surface area (Å²) in [5.41, 5.74) is 0.856. The third kappa shape index (κ3) is 5.37. The van der Waals surface area contributed by atoms with Crippen LogP contribution in [0.2, 0.25) is 0 Å². The quantitative estimate of drug-likeness (QED) is 0.565. The zero-order valence-electron chi connectivity index (χ0n) is 11.5. The Bertz CT molecular complexity index is 465. The second kappa shape index (κ2) is 7.35. The standard InChI is InChI=1S/C13H19N3O3/c1-4-19-13(18)7-8-15(2)12(17)6-5-11-9-14-16(3)10-11/h5-6,9-10H,4,7-8H2,1-3H3. The van der Waals surface area contributed by atoms with Crippen molar-refractivity contribution in [1.82, 2.24) is 14.7 Å². The van der Waals surface area contributed by atoms with Gasteiger partial charge in [0.1, 0.15) is 0 Å². The van der Waals surface area contributed by atoms with Gasteiger partial charge < -0.3 is 9.64 Å². The van der Waals surface area contributed by atoms with E-state index >= 15 is 0 Å². The van der Waals surface area contributed by atoms with E-state index in [0.29, 0.717) is 13.2 Å². The maximum absolute atomic E-state index is 11.8. The lowest BCUT2D eigenvalue weighted by Crippen LogP contribution is -2.27. The van der Waals surface area contributed by atoms with Gasteiger partial charge in [-0.3, -0.25) is 14.3 Å². The van der Waals surface area contributed by atoms with Gasteiger partial charge in [0.25, 0.3) is 0 Å². The molecular formula is C13H19N3O3. The molecule has 0 aromatic carbocycles. The van der Waals surface area contributed by atoms with E-state index in [-0.39, 0.29) is 18.3 Å². The van der Waals surface area contributed by atoms with Gasteiger partial charge in [-0.2, -0.15) is 5.10 Å². The van der Waals surface area contributed by atoms with Crippen molar-refractivity contribution in [3.05, 3.63) is 24.0 Å². The number of likely N-dealkylation sites (N-methyl/N-ethyl adjacent to an activating group) is 1. The molecule has 0 bridgehead atoms. The summed E-state index contributed by atoms with van der Waals surface area (Å²) < 4.78 is 6.46. The molecular weight excluding hydrogens is 246 g/mol.